The zero-order valence-corrected chi connectivity index (χ0v) is 11.4. The molecule has 0 saturated heterocycles. The molecule has 1 heterocycles. The maximum absolute atomic E-state index is 12.2. The first-order valence-corrected chi connectivity index (χ1v) is 6.59. The van der Waals surface area contributed by atoms with E-state index in [0.29, 0.717) is 31.4 Å². The number of carbonyl (C=O) groups is 2. The van der Waals surface area contributed by atoms with Gasteiger partial charge in [0.05, 0.1) is 11.8 Å². The normalized spacial score (nSPS) is 16.1. The van der Waals surface area contributed by atoms with Gasteiger partial charge in [-0.3, -0.25) is 9.59 Å². The van der Waals surface area contributed by atoms with Crippen LogP contribution in [0.4, 0.5) is 5.69 Å². The summed E-state index contributed by atoms with van der Waals surface area (Å²) in [7, 11) is 1.64. The highest BCUT2D eigenvalue weighted by Crippen LogP contribution is 2.27. The molecule has 2 rings (SSSR count). The van der Waals surface area contributed by atoms with Gasteiger partial charge in [-0.2, -0.15) is 0 Å². The molecule has 0 aromatic heterocycles. The van der Waals surface area contributed by atoms with Crippen LogP contribution >= 0.6 is 0 Å². The number of hydrogen-bond donors (Lipinski definition) is 0. The Hall–Kier alpha value is -1.68. The summed E-state index contributed by atoms with van der Waals surface area (Å²) in [6.45, 7) is 2.43. The standard InChI is InChI=1S/C15H19NO3/c1-11(19-2)7-8-15(18)16-10-9-14(17)12-5-3-4-6-13(12)16/h3-6,11H,7-10H2,1-2H3. The number of Topliss-reactive ketones (excluding diaryl/α,β-unsaturated/α-hetero) is 1. The molecule has 1 aliphatic rings. The van der Waals surface area contributed by atoms with Crippen LogP contribution in [0.5, 0.6) is 0 Å². The van der Waals surface area contributed by atoms with Crippen LogP contribution < -0.4 is 4.90 Å². The molecule has 0 N–H and O–H groups in total. The minimum absolute atomic E-state index is 0.0591. The average molecular weight is 261 g/mol. The summed E-state index contributed by atoms with van der Waals surface area (Å²) in [5.41, 5.74) is 1.40. The zero-order valence-electron chi connectivity index (χ0n) is 11.4. The van der Waals surface area contributed by atoms with Gasteiger partial charge < -0.3 is 9.64 Å². The molecular formula is C15H19NO3. The van der Waals surface area contributed by atoms with Crippen molar-refractivity contribution in [2.75, 3.05) is 18.6 Å². The number of para-hydroxylation sites is 1. The minimum Gasteiger partial charge on any atom is -0.382 e. The molecule has 0 spiro atoms. The van der Waals surface area contributed by atoms with Crippen molar-refractivity contribution in [2.45, 2.75) is 32.3 Å². The van der Waals surface area contributed by atoms with Gasteiger partial charge >= 0.3 is 0 Å². The van der Waals surface area contributed by atoms with Gasteiger partial charge in [-0.15, -0.1) is 0 Å². The molecule has 4 nitrogen and oxygen atoms in total. The molecule has 0 saturated carbocycles. The molecule has 102 valence electrons. The predicted molar refractivity (Wildman–Crippen MR) is 73.4 cm³/mol. The summed E-state index contributed by atoms with van der Waals surface area (Å²) >= 11 is 0. The molecule has 1 atom stereocenters. The van der Waals surface area contributed by atoms with Crippen LogP contribution in [0.1, 0.15) is 36.5 Å². The number of benzene rings is 1. The average Bonchev–Trinajstić information content (AvgIpc) is 2.45. The van der Waals surface area contributed by atoms with Crippen molar-refractivity contribution < 1.29 is 14.3 Å². The van der Waals surface area contributed by atoms with Crippen LogP contribution in [0.2, 0.25) is 0 Å². The van der Waals surface area contributed by atoms with Gasteiger partial charge in [0.1, 0.15) is 0 Å². The third kappa shape index (κ3) is 3.01. The number of nitrogens with zero attached hydrogens (tertiary/aromatic N) is 1. The van der Waals surface area contributed by atoms with E-state index >= 15 is 0 Å². The molecule has 1 aromatic carbocycles. The van der Waals surface area contributed by atoms with Crippen molar-refractivity contribution in [3.05, 3.63) is 29.8 Å². The Morgan fingerprint density at radius 1 is 1.42 bits per heavy atom. The van der Waals surface area contributed by atoms with E-state index in [1.165, 1.54) is 0 Å². The number of fused-ring (bicyclic) bond motifs is 1. The van der Waals surface area contributed by atoms with E-state index < -0.39 is 0 Å². The highest BCUT2D eigenvalue weighted by atomic mass is 16.5. The molecule has 1 aromatic rings. The summed E-state index contributed by atoms with van der Waals surface area (Å²) in [5.74, 6) is 0.175. The maximum atomic E-state index is 12.2. The molecule has 19 heavy (non-hydrogen) atoms. The first-order chi connectivity index (χ1) is 9.13. The number of ketones is 1. The van der Waals surface area contributed by atoms with Crippen molar-refractivity contribution in [1.82, 2.24) is 0 Å². The number of carbonyl (C=O) groups excluding carboxylic acids is 2. The van der Waals surface area contributed by atoms with Crippen molar-refractivity contribution in [1.29, 1.82) is 0 Å². The number of anilines is 1. The second-order valence-corrected chi connectivity index (χ2v) is 4.82. The van der Waals surface area contributed by atoms with Crippen LogP contribution in [0.25, 0.3) is 0 Å². The molecule has 4 heteroatoms. The quantitative estimate of drug-likeness (QED) is 0.836. The summed E-state index contributed by atoms with van der Waals surface area (Å²) in [4.78, 5) is 25.8. The first-order valence-electron chi connectivity index (χ1n) is 6.59. The SMILES string of the molecule is COC(C)CCC(=O)N1CCC(=O)c2ccccc21. The number of hydrogen-bond acceptors (Lipinski definition) is 3. The molecule has 0 radical (unpaired) electrons. The van der Waals surface area contributed by atoms with Crippen molar-refractivity contribution in [3.8, 4) is 0 Å². The summed E-state index contributed by atoms with van der Waals surface area (Å²) in [5, 5.41) is 0. The summed E-state index contributed by atoms with van der Waals surface area (Å²) in [6.07, 6.45) is 1.62. The molecular weight excluding hydrogens is 242 g/mol. The van der Waals surface area contributed by atoms with Gasteiger partial charge in [-0.25, -0.2) is 0 Å². The number of methoxy groups -OCH3 is 1. The van der Waals surface area contributed by atoms with Crippen molar-refractivity contribution in [2.24, 2.45) is 0 Å². The van der Waals surface area contributed by atoms with Crippen LogP contribution in [-0.2, 0) is 9.53 Å². The van der Waals surface area contributed by atoms with E-state index in [2.05, 4.69) is 0 Å². The molecule has 0 bridgehead atoms. The molecule has 0 fully saturated rings. The Kier molecular flexibility index (Phi) is 4.32. The maximum Gasteiger partial charge on any atom is 0.227 e. The lowest BCUT2D eigenvalue weighted by Crippen LogP contribution is -2.37. The summed E-state index contributed by atoms with van der Waals surface area (Å²) in [6, 6.07) is 7.31. The number of ether oxygens (including phenoxy) is 1. The second kappa shape index (κ2) is 5.97. The Morgan fingerprint density at radius 2 is 2.16 bits per heavy atom. The fraction of sp³-hybridized carbons (Fsp3) is 0.467. The van der Waals surface area contributed by atoms with Gasteiger partial charge in [0.2, 0.25) is 5.91 Å². The van der Waals surface area contributed by atoms with Gasteiger partial charge in [-0.1, -0.05) is 12.1 Å². The molecule has 1 amide bonds. The van der Waals surface area contributed by atoms with Crippen molar-refractivity contribution in [3.63, 3.8) is 0 Å². The highest BCUT2D eigenvalue weighted by molar-refractivity contribution is 6.08. The highest BCUT2D eigenvalue weighted by Gasteiger charge is 2.26. The van der Waals surface area contributed by atoms with Crippen LogP contribution in [-0.4, -0.2) is 31.4 Å². The lowest BCUT2D eigenvalue weighted by molar-refractivity contribution is -0.119. The van der Waals surface area contributed by atoms with Gasteiger partial charge in [0.15, 0.2) is 5.78 Å². The van der Waals surface area contributed by atoms with Crippen LogP contribution in [0.3, 0.4) is 0 Å². The summed E-state index contributed by atoms with van der Waals surface area (Å²) < 4.78 is 5.15. The number of amides is 1. The van der Waals surface area contributed by atoms with Gasteiger partial charge in [0.25, 0.3) is 0 Å². The van der Waals surface area contributed by atoms with E-state index in [-0.39, 0.29) is 17.8 Å². The largest absolute Gasteiger partial charge is 0.382 e. The second-order valence-electron chi connectivity index (χ2n) is 4.82. The Morgan fingerprint density at radius 3 is 2.89 bits per heavy atom. The van der Waals surface area contributed by atoms with E-state index in [4.69, 9.17) is 4.74 Å². The monoisotopic (exact) mass is 261 g/mol. The molecule has 1 unspecified atom stereocenters. The van der Waals surface area contributed by atoms with Crippen molar-refractivity contribution >= 4 is 17.4 Å². The molecule has 0 aliphatic carbocycles. The van der Waals surface area contributed by atoms with Crippen LogP contribution in [0, 0.1) is 0 Å². The predicted octanol–water partition coefficient (Wildman–Crippen LogP) is 2.42. The fourth-order valence-electron chi connectivity index (χ4n) is 2.25. The zero-order chi connectivity index (χ0) is 13.8. The Balaban J connectivity index is 2.11. The topological polar surface area (TPSA) is 46.6 Å². The number of rotatable bonds is 4. The van der Waals surface area contributed by atoms with Gasteiger partial charge in [0, 0.05) is 32.1 Å². The van der Waals surface area contributed by atoms with E-state index in [1.807, 2.05) is 25.1 Å². The third-order valence-corrected chi connectivity index (χ3v) is 3.53. The Bertz CT molecular complexity index is 484. The van der Waals surface area contributed by atoms with E-state index in [1.54, 1.807) is 18.1 Å². The third-order valence-electron chi connectivity index (χ3n) is 3.53. The van der Waals surface area contributed by atoms with E-state index in [9.17, 15) is 9.59 Å². The van der Waals surface area contributed by atoms with Gasteiger partial charge in [-0.05, 0) is 25.5 Å². The molecule has 1 aliphatic heterocycles. The lowest BCUT2D eigenvalue weighted by atomic mass is 10.00. The fourth-order valence-corrected chi connectivity index (χ4v) is 2.25. The van der Waals surface area contributed by atoms with E-state index in [0.717, 1.165) is 5.69 Å². The first kappa shape index (κ1) is 13.7. The smallest absolute Gasteiger partial charge is 0.227 e. The van der Waals surface area contributed by atoms with Crippen LogP contribution in [0.15, 0.2) is 24.3 Å². The Labute approximate surface area is 113 Å². The minimum atomic E-state index is 0.0591. The lowest BCUT2D eigenvalue weighted by Gasteiger charge is -2.29.